The Morgan fingerprint density at radius 2 is 1.96 bits per heavy atom. The predicted molar refractivity (Wildman–Crippen MR) is 92.3 cm³/mol. The van der Waals surface area contributed by atoms with Crippen LogP contribution < -0.4 is 0 Å². The zero-order chi connectivity index (χ0) is 18.1. The maximum Gasteiger partial charge on any atom is 0.289 e. The molecule has 2 aromatic rings. The topological polar surface area (TPSA) is 75.9 Å². The first-order valence-electron chi connectivity index (χ1n) is 8.78. The molecule has 2 fully saturated rings. The number of methoxy groups -OCH3 is 1. The third-order valence-electron chi connectivity index (χ3n) is 5.26. The first-order chi connectivity index (χ1) is 12.7. The molecule has 2 amide bonds. The molecule has 2 atom stereocenters. The van der Waals surface area contributed by atoms with Gasteiger partial charge in [-0.3, -0.25) is 14.6 Å². The van der Waals surface area contributed by atoms with Crippen molar-refractivity contribution in [3.05, 3.63) is 54.2 Å². The molecular weight excluding hydrogens is 334 g/mol. The number of hydrogen-bond acceptors (Lipinski definition) is 5. The number of ether oxygens (including phenoxy) is 1. The third kappa shape index (κ3) is 2.78. The van der Waals surface area contributed by atoms with Crippen LogP contribution in [0.4, 0.5) is 0 Å². The summed E-state index contributed by atoms with van der Waals surface area (Å²) in [6.07, 6.45) is 6.01. The Morgan fingerprint density at radius 3 is 2.58 bits per heavy atom. The van der Waals surface area contributed by atoms with Gasteiger partial charge in [0.15, 0.2) is 11.9 Å². The molecule has 7 nitrogen and oxygen atoms in total. The number of likely N-dealkylation sites (tertiary alicyclic amines) is 2. The summed E-state index contributed by atoms with van der Waals surface area (Å²) in [6, 6.07) is 7.25. The van der Waals surface area contributed by atoms with Gasteiger partial charge in [0.1, 0.15) is 0 Å². The number of carbonyl (C=O) groups excluding carboxylic acids is 2. The minimum atomic E-state index is -0.444. The highest BCUT2D eigenvalue weighted by molar-refractivity contribution is 5.91. The SMILES string of the molecule is CO[C@H]1C(=O)N(C2CCN(C(=O)c3ccco3)CC2)[C@H]1c1ccncc1. The van der Waals surface area contributed by atoms with Crippen molar-refractivity contribution in [2.24, 2.45) is 0 Å². The fraction of sp³-hybridized carbons (Fsp3) is 0.421. The number of β-lactam (4-membered cyclic amide) rings is 1. The van der Waals surface area contributed by atoms with Crippen molar-refractivity contribution in [2.75, 3.05) is 20.2 Å². The fourth-order valence-electron chi connectivity index (χ4n) is 3.92. The Labute approximate surface area is 151 Å². The van der Waals surface area contributed by atoms with Gasteiger partial charge in [-0.25, -0.2) is 0 Å². The van der Waals surface area contributed by atoms with Crippen LogP contribution in [0.25, 0.3) is 0 Å². The van der Waals surface area contributed by atoms with Gasteiger partial charge in [0.25, 0.3) is 11.8 Å². The molecule has 4 rings (SSSR count). The summed E-state index contributed by atoms with van der Waals surface area (Å²) in [5.74, 6) is 0.284. The van der Waals surface area contributed by atoms with Crippen LogP contribution in [0.5, 0.6) is 0 Å². The van der Waals surface area contributed by atoms with E-state index in [-0.39, 0.29) is 23.9 Å². The fourth-order valence-corrected chi connectivity index (χ4v) is 3.92. The summed E-state index contributed by atoms with van der Waals surface area (Å²) in [6.45, 7) is 1.21. The van der Waals surface area contributed by atoms with E-state index in [1.165, 1.54) is 6.26 Å². The van der Waals surface area contributed by atoms with E-state index in [0.717, 1.165) is 18.4 Å². The van der Waals surface area contributed by atoms with Gasteiger partial charge in [0.05, 0.1) is 12.3 Å². The van der Waals surface area contributed by atoms with Gasteiger partial charge in [-0.05, 0) is 42.7 Å². The molecule has 7 heteroatoms. The van der Waals surface area contributed by atoms with Crippen molar-refractivity contribution in [2.45, 2.75) is 31.0 Å². The molecule has 2 aliphatic heterocycles. The zero-order valence-electron chi connectivity index (χ0n) is 14.6. The number of piperidine rings is 1. The second kappa shape index (κ2) is 6.92. The van der Waals surface area contributed by atoms with Gasteiger partial charge in [-0.1, -0.05) is 0 Å². The van der Waals surface area contributed by atoms with E-state index in [4.69, 9.17) is 9.15 Å². The van der Waals surface area contributed by atoms with Gasteiger partial charge in [-0.15, -0.1) is 0 Å². The number of amides is 2. The Morgan fingerprint density at radius 1 is 1.23 bits per heavy atom. The van der Waals surface area contributed by atoms with Crippen LogP contribution >= 0.6 is 0 Å². The van der Waals surface area contributed by atoms with E-state index in [0.29, 0.717) is 18.8 Å². The molecule has 26 heavy (non-hydrogen) atoms. The molecule has 0 aliphatic carbocycles. The minimum Gasteiger partial charge on any atom is -0.459 e. The van der Waals surface area contributed by atoms with E-state index in [1.54, 1.807) is 36.5 Å². The smallest absolute Gasteiger partial charge is 0.289 e. The van der Waals surface area contributed by atoms with Gasteiger partial charge in [-0.2, -0.15) is 0 Å². The second-order valence-electron chi connectivity index (χ2n) is 6.63. The molecule has 0 N–H and O–H groups in total. The summed E-state index contributed by atoms with van der Waals surface area (Å²) < 4.78 is 10.6. The van der Waals surface area contributed by atoms with E-state index in [9.17, 15) is 9.59 Å². The number of rotatable bonds is 4. The van der Waals surface area contributed by atoms with Crippen molar-refractivity contribution in [1.82, 2.24) is 14.8 Å². The van der Waals surface area contributed by atoms with Gasteiger partial charge >= 0.3 is 0 Å². The average molecular weight is 355 g/mol. The van der Waals surface area contributed by atoms with Crippen LogP contribution in [0.3, 0.4) is 0 Å². The lowest BCUT2D eigenvalue weighted by Crippen LogP contribution is -2.64. The van der Waals surface area contributed by atoms with Crippen LogP contribution in [-0.4, -0.2) is 58.9 Å². The number of aromatic nitrogens is 1. The molecule has 4 heterocycles. The van der Waals surface area contributed by atoms with Gasteiger partial charge in [0, 0.05) is 38.6 Å². The molecule has 0 aromatic carbocycles. The molecule has 0 radical (unpaired) electrons. The molecule has 2 saturated heterocycles. The van der Waals surface area contributed by atoms with Crippen molar-refractivity contribution < 1.29 is 18.7 Å². The average Bonchev–Trinajstić information content (AvgIpc) is 3.22. The lowest BCUT2D eigenvalue weighted by Gasteiger charge is -2.52. The van der Waals surface area contributed by atoms with Gasteiger partial charge < -0.3 is 19.0 Å². The maximum absolute atomic E-state index is 12.6. The van der Waals surface area contributed by atoms with Crippen LogP contribution in [0.2, 0.25) is 0 Å². The molecule has 0 spiro atoms. The normalized spacial score (nSPS) is 23.8. The quantitative estimate of drug-likeness (QED) is 0.783. The highest BCUT2D eigenvalue weighted by Crippen LogP contribution is 2.40. The standard InChI is InChI=1S/C19H21N3O4/c1-25-17-16(13-4-8-20-9-5-13)22(19(17)24)14-6-10-21(11-7-14)18(23)15-3-2-12-26-15/h2-5,8-9,12,14,16-17H,6-7,10-11H2,1H3/t16-,17+/m0/s1. The Kier molecular flexibility index (Phi) is 4.46. The first kappa shape index (κ1) is 16.8. The van der Waals surface area contributed by atoms with Crippen molar-refractivity contribution in [3.8, 4) is 0 Å². The van der Waals surface area contributed by atoms with Crippen molar-refractivity contribution in [1.29, 1.82) is 0 Å². The molecule has 2 aromatic heterocycles. The lowest BCUT2D eigenvalue weighted by molar-refractivity contribution is -0.178. The number of nitrogens with zero attached hydrogens (tertiary/aromatic N) is 3. The first-order valence-corrected chi connectivity index (χ1v) is 8.78. The summed E-state index contributed by atoms with van der Waals surface area (Å²) in [4.78, 5) is 32.7. The third-order valence-corrected chi connectivity index (χ3v) is 5.26. The van der Waals surface area contributed by atoms with Crippen LogP contribution in [0.1, 0.15) is 35.0 Å². The molecule has 0 unspecified atom stereocenters. The number of furan rings is 1. The predicted octanol–water partition coefficient (Wildman–Crippen LogP) is 1.88. The molecule has 2 aliphatic rings. The maximum atomic E-state index is 12.6. The Balaban J connectivity index is 1.45. The van der Waals surface area contributed by atoms with E-state index in [1.807, 2.05) is 17.0 Å². The zero-order valence-corrected chi connectivity index (χ0v) is 14.6. The van der Waals surface area contributed by atoms with E-state index >= 15 is 0 Å². The van der Waals surface area contributed by atoms with Crippen molar-refractivity contribution >= 4 is 11.8 Å². The summed E-state index contributed by atoms with van der Waals surface area (Å²) >= 11 is 0. The minimum absolute atomic E-state index is 0.0186. The molecule has 136 valence electrons. The molecule has 0 bridgehead atoms. The second-order valence-corrected chi connectivity index (χ2v) is 6.63. The molecule has 0 saturated carbocycles. The number of hydrogen-bond donors (Lipinski definition) is 0. The Bertz CT molecular complexity index is 769. The number of pyridine rings is 1. The number of carbonyl (C=O) groups is 2. The van der Waals surface area contributed by atoms with Gasteiger partial charge in [0.2, 0.25) is 0 Å². The highest BCUT2D eigenvalue weighted by atomic mass is 16.5. The Hall–Kier alpha value is -2.67. The molecular formula is C19H21N3O4. The lowest BCUT2D eigenvalue weighted by atomic mass is 9.86. The van der Waals surface area contributed by atoms with E-state index in [2.05, 4.69) is 4.98 Å². The largest absolute Gasteiger partial charge is 0.459 e. The van der Waals surface area contributed by atoms with Crippen molar-refractivity contribution in [3.63, 3.8) is 0 Å². The summed E-state index contributed by atoms with van der Waals surface area (Å²) in [5.41, 5.74) is 1.03. The van der Waals surface area contributed by atoms with Crippen LogP contribution in [-0.2, 0) is 9.53 Å². The summed E-state index contributed by atoms with van der Waals surface area (Å²) in [5, 5.41) is 0. The van der Waals surface area contributed by atoms with Crippen LogP contribution in [0.15, 0.2) is 47.3 Å². The monoisotopic (exact) mass is 355 g/mol. The summed E-state index contributed by atoms with van der Waals surface area (Å²) in [7, 11) is 1.57. The highest BCUT2D eigenvalue weighted by Gasteiger charge is 2.51. The van der Waals surface area contributed by atoms with Crippen LogP contribution in [0, 0.1) is 0 Å². The van der Waals surface area contributed by atoms with E-state index < -0.39 is 6.10 Å².